The van der Waals surface area contributed by atoms with Crippen LogP contribution >= 0.6 is 11.6 Å². The lowest BCUT2D eigenvalue weighted by atomic mass is 10.2. The number of carbonyl (C=O) groups is 1. The lowest BCUT2D eigenvalue weighted by Crippen LogP contribution is -2.21. The molecule has 0 atom stereocenters. The van der Waals surface area contributed by atoms with Crippen LogP contribution in [0.4, 0.5) is 10.5 Å². The van der Waals surface area contributed by atoms with Crippen molar-refractivity contribution in [2.45, 2.75) is 6.54 Å². The van der Waals surface area contributed by atoms with E-state index in [9.17, 15) is 4.79 Å². The second kappa shape index (κ2) is 4.82. The van der Waals surface area contributed by atoms with Crippen molar-refractivity contribution in [2.24, 2.45) is 9.98 Å². The lowest BCUT2D eigenvalue weighted by molar-refractivity contribution is 0.256. The molecule has 0 unspecified atom stereocenters. The van der Waals surface area contributed by atoms with Gasteiger partial charge >= 0.3 is 6.03 Å². The third-order valence-corrected chi connectivity index (χ3v) is 3.07. The first-order chi connectivity index (χ1) is 9.20. The summed E-state index contributed by atoms with van der Waals surface area (Å²) in [6.45, 7) is 0.682. The number of hydrogen-bond donors (Lipinski definition) is 1. The molecule has 1 aliphatic rings. The monoisotopic (exact) mass is 271 g/mol. The third-order valence-electron chi connectivity index (χ3n) is 2.82. The fourth-order valence-electron chi connectivity index (χ4n) is 1.85. The molecule has 0 bridgehead atoms. The fourth-order valence-corrected chi connectivity index (χ4v) is 1.98. The highest BCUT2D eigenvalue weighted by molar-refractivity contribution is 6.30. The van der Waals surface area contributed by atoms with Gasteiger partial charge in [0.05, 0.1) is 10.7 Å². The Morgan fingerprint density at radius 1 is 1.00 bits per heavy atom. The molecular formula is C14H10ClN3O. The Kier molecular flexibility index (Phi) is 3.01. The number of benzene rings is 2. The molecule has 2 amide bonds. The Bertz CT molecular complexity index is 753. The van der Waals surface area contributed by atoms with Crippen LogP contribution in [0.25, 0.3) is 0 Å². The number of nitrogens with zero attached hydrogens (tertiary/aromatic N) is 2. The molecule has 0 fully saturated rings. The highest BCUT2D eigenvalue weighted by atomic mass is 35.5. The maximum Gasteiger partial charge on any atom is 0.368 e. The molecule has 0 aliphatic carbocycles. The topological polar surface area (TPSA) is 53.8 Å². The summed E-state index contributed by atoms with van der Waals surface area (Å²) in [6, 6.07) is 12.7. The van der Waals surface area contributed by atoms with E-state index in [1.165, 1.54) is 0 Å². The van der Waals surface area contributed by atoms with Crippen LogP contribution < -0.4 is 16.0 Å². The van der Waals surface area contributed by atoms with Crippen molar-refractivity contribution in [1.82, 2.24) is 0 Å². The Morgan fingerprint density at radius 3 is 2.53 bits per heavy atom. The summed E-state index contributed by atoms with van der Waals surface area (Å²) in [5.74, 6) is 0. The van der Waals surface area contributed by atoms with Gasteiger partial charge in [0.2, 0.25) is 0 Å². The van der Waals surface area contributed by atoms with Crippen molar-refractivity contribution >= 4 is 23.3 Å². The van der Waals surface area contributed by atoms with Gasteiger partial charge in [-0.2, -0.15) is 9.98 Å². The molecule has 0 aromatic heterocycles. The van der Waals surface area contributed by atoms with Crippen molar-refractivity contribution in [2.75, 3.05) is 5.32 Å². The molecule has 3 rings (SSSR count). The van der Waals surface area contributed by atoms with E-state index in [4.69, 9.17) is 11.6 Å². The SMILES string of the molecule is O=C1N=c2ccc(NCc3ccc(Cl)cc3)cc2=N1. The van der Waals surface area contributed by atoms with E-state index in [2.05, 4.69) is 15.3 Å². The zero-order valence-electron chi connectivity index (χ0n) is 9.93. The Labute approximate surface area is 114 Å². The number of anilines is 1. The zero-order valence-corrected chi connectivity index (χ0v) is 10.7. The lowest BCUT2D eigenvalue weighted by Gasteiger charge is -2.06. The number of amides is 2. The van der Waals surface area contributed by atoms with Crippen LogP contribution in [0.5, 0.6) is 0 Å². The molecule has 1 aliphatic heterocycles. The van der Waals surface area contributed by atoms with Gasteiger partial charge < -0.3 is 5.32 Å². The smallest absolute Gasteiger partial charge is 0.368 e. The van der Waals surface area contributed by atoms with Crippen LogP contribution in [0.2, 0.25) is 5.02 Å². The molecule has 0 saturated heterocycles. The van der Waals surface area contributed by atoms with Gasteiger partial charge in [0, 0.05) is 17.3 Å². The maximum atomic E-state index is 11.1. The molecule has 0 spiro atoms. The predicted octanol–water partition coefficient (Wildman–Crippen LogP) is 2.32. The van der Waals surface area contributed by atoms with Gasteiger partial charge in [0.25, 0.3) is 0 Å². The number of carbonyl (C=O) groups excluding carboxylic acids is 1. The van der Waals surface area contributed by atoms with Crippen molar-refractivity contribution in [3.8, 4) is 0 Å². The summed E-state index contributed by atoms with van der Waals surface area (Å²) in [5, 5.41) is 5.23. The largest absolute Gasteiger partial charge is 0.381 e. The molecule has 19 heavy (non-hydrogen) atoms. The van der Waals surface area contributed by atoms with Crippen molar-refractivity contribution in [3.05, 3.63) is 63.8 Å². The normalized spacial score (nSPS) is 12.6. The second-order valence-electron chi connectivity index (χ2n) is 4.19. The minimum atomic E-state index is -0.440. The first kappa shape index (κ1) is 11.9. The van der Waals surface area contributed by atoms with Crippen LogP contribution in [0, 0.1) is 0 Å². The van der Waals surface area contributed by atoms with Crippen LogP contribution in [0.1, 0.15) is 5.56 Å². The summed E-state index contributed by atoms with van der Waals surface area (Å²) < 4.78 is 0. The molecule has 1 N–H and O–H groups in total. The van der Waals surface area contributed by atoms with Crippen LogP contribution in [-0.2, 0) is 6.54 Å². The summed E-state index contributed by atoms with van der Waals surface area (Å²) >= 11 is 5.83. The average Bonchev–Trinajstić information content (AvgIpc) is 2.77. The highest BCUT2D eigenvalue weighted by Gasteiger charge is 2.05. The number of fused-ring (bicyclic) bond motifs is 1. The first-order valence-electron chi connectivity index (χ1n) is 5.80. The van der Waals surface area contributed by atoms with E-state index in [0.29, 0.717) is 17.3 Å². The summed E-state index contributed by atoms with van der Waals surface area (Å²) in [6.07, 6.45) is 0. The molecule has 2 aromatic rings. The number of urea groups is 1. The standard InChI is InChI=1S/C14H10ClN3O/c15-10-3-1-9(2-4-10)8-16-11-5-6-12-13(7-11)18-14(19)17-12/h1-7,16H,8H2. The van der Waals surface area contributed by atoms with Crippen LogP contribution in [-0.4, -0.2) is 6.03 Å². The molecule has 4 nitrogen and oxygen atoms in total. The van der Waals surface area contributed by atoms with E-state index < -0.39 is 6.03 Å². The van der Waals surface area contributed by atoms with E-state index in [0.717, 1.165) is 16.3 Å². The zero-order chi connectivity index (χ0) is 13.2. The summed E-state index contributed by atoms with van der Waals surface area (Å²) in [5.41, 5.74) is 2.03. The summed E-state index contributed by atoms with van der Waals surface area (Å²) in [4.78, 5) is 18.6. The summed E-state index contributed by atoms with van der Waals surface area (Å²) in [7, 11) is 0. The molecule has 94 valence electrons. The van der Waals surface area contributed by atoms with Crippen molar-refractivity contribution in [1.29, 1.82) is 0 Å². The van der Waals surface area contributed by atoms with Gasteiger partial charge in [-0.25, -0.2) is 4.79 Å². The minimum Gasteiger partial charge on any atom is -0.381 e. The van der Waals surface area contributed by atoms with E-state index in [1.807, 2.05) is 36.4 Å². The molecule has 0 saturated carbocycles. The number of nitrogens with one attached hydrogen (secondary N) is 1. The van der Waals surface area contributed by atoms with Gasteiger partial charge in [-0.1, -0.05) is 23.7 Å². The number of halogens is 1. The number of hydrogen-bond acceptors (Lipinski definition) is 2. The van der Waals surface area contributed by atoms with Gasteiger partial charge in [-0.05, 0) is 35.9 Å². The minimum absolute atomic E-state index is 0.440. The van der Waals surface area contributed by atoms with Gasteiger partial charge in [-0.15, -0.1) is 0 Å². The Hall–Kier alpha value is -2.20. The van der Waals surface area contributed by atoms with Gasteiger partial charge in [-0.3, -0.25) is 0 Å². The Balaban J connectivity index is 1.77. The maximum absolute atomic E-state index is 11.1. The van der Waals surface area contributed by atoms with Crippen molar-refractivity contribution in [3.63, 3.8) is 0 Å². The Morgan fingerprint density at radius 2 is 1.74 bits per heavy atom. The third kappa shape index (κ3) is 2.63. The molecule has 2 aromatic carbocycles. The molecule has 5 heteroatoms. The number of rotatable bonds is 3. The second-order valence-corrected chi connectivity index (χ2v) is 4.63. The van der Waals surface area contributed by atoms with Crippen LogP contribution in [0.15, 0.2) is 52.4 Å². The van der Waals surface area contributed by atoms with Crippen molar-refractivity contribution < 1.29 is 4.79 Å². The van der Waals surface area contributed by atoms with Gasteiger partial charge in [0.1, 0.15) is 0 Å². The quantitative estimate of drug-likeness (QED) is 0.931. The van der Waals surface area contributed by atoms with Crippen LogP contribution in [0.3, 0.4) is 0 Å². The highest BCUT2D eigenvalue weighted by Crippen LogP contribution is 2.11. The van der Waals surface area contributed by atoms with E-state index in [1.54, 1.807) is 6.07 Å². The van der Waals surface area contributed by atoms with E-state index in [-0.39, 0.29) is 0 Å². The predicted molar refractivity (Wildman–Crippen MR) is 72.9 cm³/mol. The first-order valence-corrected chi connectivity index (χ1v) is 6.18. The molecule has 1 heterocycles. The molecule has 0 radical (unpaired) electrons. The van der Waals surface area contributed by atoms with Gasteiger partial charge in [0.15, 0.2) is 0 Å². The average molecular weight is 272 g/mol. The molecular weight excluding hydrogens is 262 g/mol. The fraction of sp³-hybridized carbons (Fsp3) is 0.0714. The van der Waals surface area contributed by atoms with E-state index >= 15 is 0 Å².